The minimum absolute atomic E-state index is 0.0413. The van der Waals surface area contributed by atoms with E-state index < -0.39 is 0 Å². The minimum atomic E-state index is -0.0590. The van der Waals surface area contributed by atoms with E-state index in [2.05, 4.69) is 15.5 Å². The molecule has 6 nitrogen and oxygen atoms in total. The molecular weight excluding hydrogens is 216 g/mol. The van der Waals surface area contributed by atoms with Crippen LogP contribution in [0.15, 0.2) is 15.3 Å². The minimum Gasteiger partial charge on any atom is -0.409 e. The number of hydrogen-bond acceptors (Lipinski definition) is 5. The van der Waals surface area contributed by atoms with Gasteiger partial charge in [-0.3, -0.25) is 4.79 Å². The maximum absolute atomic E-state index is 10.8. The molecule has 0 aliphatic heterocycles. The molecule has 1 aromatic heterocycles. The number of aromatic nitrogens is 1. The number of rotatable bonds is 5. The van der Waals surface area contributed by atoms with Crippen LogP contribution in [0.5, 0.6) is 0 Å². The number of hydrogen-bond donors (Lipinski definition) is 4. The largest absolute Gasteiger partial charge is 0.409 e. The van der Waals surface area contributed by atoms with E-state index in [1.807, 2.05) is 6.92 Å². The molecule has 84 valence electrons. The van der Waals surface area contributed by atoms with Gasteiger partial charge in [0.2, 0.25) is 0 Å². The highest BCUT2D eigenvalue weighted by Gasteiger charge is 2.06. The van der Waals surface area contributed by atoms with Gasteiger partial charge in [-0.2, -0.15) is 0 Å². The summed E-state index contributed by atoms with van der Waals surface area (Å²) < 4.78 is 0. The van der Waals surface area contributed by atoms with E-state index in [9.17, 15) is 4.79 Å². The molecule has 5 N–H and O–H groups in total. The van der Waals surface area contributed by atoms with Crippen molar-refractivity contribution in [1.82, 2.24) is 10.3 Å². The zero-order valence-electron chi connectivity index (χ0n) is 8.36. The lowest BCUT2D eigenvalue weighted by molar-refractivity contribution is 0.314. The molecule has 0 fully saturated rings. The van der Waals surface area contributed by atoms with Gasteiger partial charge in [-0.15, -0.1) is 0 Å². The van der Waals surface area contributed by atoms with Crippen LogP contribution < -0.4 is 15.9 Å². The van der Waals surface area contributed by atoms with E-state index in [1.165, 1.54) is 0 Å². The molecule has 0 aliphatic rings. The van der Waals surface area contributed by atoms with Crippen molar-refractivity contribution in [3.8, 4) is 0 Å². The number of nitrogens with two attached hydrogens (primary N) is 1. The third-order valence-corrected chi connectivity index (χ3v) is 2.68. The molecule has 15 heavy (non-hydrogen) atoms. The molecule has 0 radical (unpaired) electrons. The van der Waals surface area contributed by atoms with Crippen LogP contribution in [-0.2, 0) is 6.54 Å². The Morgan fingerprint density at radius 1 is 1.87 bits per heavy atom. The highest BCUT2D eigenvalue weighted by atomic mass is 32.1. The molecule has 1 aromatic rings. The Labute approximate surface area is 90.8 Å². The lowest BCUT2D eigenvalue weighted by Gasteiger charge is -2.09. The molecule has 1 heterocycles. The summed E-state index contributed by atoms with van der Waals surface area (Å²) >= 11 is 1.13. The van der Waals surface area contributed by atoms with Gasteiger partial charge in [-0.25, -0.2) is 0 Å². The first-order chi connectivity index (χ1) is 7.13. The molecule has 0 spiro atoms. The van der Waals surface area contributed by atoms with Crippen LogP contribution in [0, 0.1) is 5.92 Å². The Hall–Kier alpha value is -1.34. The second kappa shape index (κ2) is 5.52. The molecule has 1 unspecified atom stereocenters. The number of oxime groups is 1. The third-order valence-electron chi connectivity index (χ3n) is 1.96. The first kappa shape index (κ1) is 11.7. The topological polar surface area (TPSA) is 104 Å². The maximum Gasteiger partial charge on any atom is 0.304 e. The fraction of sp³-hybridized carbons (Fsp3) is 0.500. The van der Waals surface area contributed by atoms with Gasteiger partial charge in [0.05, 0.1) is 0 Å². The van der Waals surface area contributed by atoms with Crippen molar-refractivity contribution in [2.45, 2.75) is 13.5 Å². The normalized spacial score (nSPS) is 14.1. The number of nitrogens with one attached hydrogen (secondary N) is 2. The number of nitrogens with zero attached hydrogens (tertiary/aromatic N) is 1. The summed E-state index contributed by atoms with van der Waals surface area (Å²) in [7, 11) is 0. The summed E-state index contributed by atoms with van der Waals surface area (Å²) in [5.41, 5.74) is 6.25. The molecule has 7 heteroatoms. The Bertz CT molecular complexity index is 384. The number of amidine groups is 1. The Balaban J connectivity index is 2.30. The van der Waals surface area contributed by atoms with E-state index in [-0.39, 0.29) is 16.6 Å². The molecule has 1 atom stereocenters. The first-order valence-electron chi connectivity index (χ1n) is 4.48. The van der Waals surface area contributed by atoms with Gasteiger partial charge in [-0.05, 0) is 0 Å². The first-order valence-corrected chi connectivity index (χ1v) is 5.36. The van der Waals surface area contributed by atoms with E-state index in [0.29, 0.717) is 13.1 Å². The van der Waals surface area contributed by atoms with Crippen molar-refractivity contribution in [3.05, 3.63) is 20.7 Å². The van der Waals surface area contributed by atoms with Crippen LogP contribution in [0.1, 0.15) is 12.6 Å². The van der Waals surface area contributed by atoms with Crippen molar-refractivity contribution in [1.29, 1.82) is 0 Å². The highest BCUT2D eigenvalue weighted by molar-refractivity contribution is 7.07. The predicted molar refractivity (Wildman–Crippen MR) is 59.2 cm³/mol. The van der Waals surface area contributed by atoms with Gasteiger partial charge in [0.1, 0.15) is 5.84 Å². The molecule has 0 saturated carbocycles. The number of aromatic amines is 1. The van der Waals surface area contributed by atoms with E-state index in [0.717, 1.165) is 17.0 Å². The SMILES string of the molecule is CC(CNCc1csc(=O)[nH]1)C(N)=NO. The van der Waals surface area contributed by atoms with E-state index in [1.54, 1.807) is 5.38 Å². The molecule has 0 amide bonds. The van der Waals surface area contributed by atoms with Crippen LogP contribution in [0.2, 0.25) is 0 Å². The maximum atomic E-state index is 10.8. The monoisotopic (exact) mass is 230 g/mol. The van der Waals surface area contributed by atoms with E-state index in [4.69, 9.17) is 10.9 Å². The Kier molecular flexibility index (Phi) is 4.32. The fourth-order valence-electron chi connectivity index (χ4n) is 1.03. The van der Waals surface area contributed by atoms with Crippen LogP contribution in [-0.4, -0.2) is 22.6 Å². The van der Waals surface area contributed by atoms with Crippen molar-refractivity contribution >= 4 is 17.2 Å². The average Bonchev–Trinajstić information content (AvgIpc) is 2.63. The molecule has 0 aromatic carbocycles. The molecule has 0 saturated heterocycles. The molecule has 0 bridgehead atoms. The van der Waals surface area contributed by atoms with Gasteiger partial charge in [0, 0.05) is 30.1 Å². The number of thiazole rings is 1. The van der Waals surface area contributed by atoms with Crippen LogP contribution >= 0.6 is 11.3 Å². The predicted octanol–water partition coefficient (Wildman–Crippen LogP) is -0.0915. The van der Waals surface area contributed by atoms with E-state index >= 15 is 0 Å². The molecule has 0 aliphatic carbocycles. The van der Waals surface area contributed by atoms with Crippen LogP contribution in [0.3, 0.4) is 0 Å². The van der Waals surface area contributed by atoms with Crippen molar-refractivity contribution in [3.63, 3.8) is 0 Å². The smallest absolute Gasteiger partial charge is 0.304 e. The van der Waals surface area contributed by atoms with Gasteiger partial charge in [0.25, 0.3) is 0 Å². The van der Waals surface area contributed by atoms with Crippen LogP contribution in [0.4, 0.5) is 0 Å². The second-order valence-electron chi connectivity index (χ2n) is 3.23. The zero-order valence-corrected chi connectivity index (χ0v) is 9.17. The quantitative estimate of drug-likeness (QED) is 0.245. The average molecular weight is 230 g/mol. The van der Waals surface area contributed by atoms with Gasteiger partial charge in [0.15, 0.2) is 0 Å². The summed E-state index contributed by atoms with van der Waals surface area (Å²) in [6.07, 6.45) is 0. The second-order valence-corrected chi connectivity index (χ2v) is 4.07. The highest BCUT2D eigenvalue weighted by Crippen LogP contribution is 1.96. The van der Waals surface area contributed by atoms with Gasteiger partial charge >= 0.3 is 4.87 Å². The summed E-state index contributed by atoms with van der Waals surface area (Å²) in [4.78, 5) is 13.4. The third kappa shape index (κ3) is 3.72. The van der Waals surface area contributed by atoms with Crippen LogP contribution in [0.25, 0.3) is 0 Å². The molecule has 1 rings (SSSR count). The van der Waals surface area contributed by atoms with Crippen molar-refractivity contribution in [2.24, 2.45) is 16.8 Å². The summed E-state index contributed by atoms with van der Waals surface area (Å²) in [6, 6.07) is 0. The summed E-state index contributed by atoms with van der Waals surface area (Å²) in [6.45, 7) is 3.01. The van der Waals surface area contributed by atoms with Crippen molar-refractivity contribution < 1.29 is 5.21 Å². The Morgan fingerprint density at radius 2 is 2.60 bits per heavy atom. The summed E-state index contributed by atoms with van der Waals surface area (Å²) in [5.74, 6) is 0.154. The van der Waals surface area contributed by atoms with Crippen molar-refractivity contribution in [2.75, 3.05) is 6.54 Å². The molecular formula is C8H14N4O2S. The lowest BCUT2D eigenvalue weighted by atomic mass is 10.1. The Morgan fingerprint density at radius 3 is 3.13 bits per heavy atom. The zero-order chi connectivity index (χ0) is 11.3. The standard InChI is InChI=1S/C8H14N4O2S/c1-5(7(9)12-14)2-10-3-6-4-15-8(13)11-6/h4-5,10,14H,2-3H2,1H3,(H2,9,12)(H,11,13). The number of H-pyrrole nitrogens is 1. The summed E-state index contributed by atoms with van der Waals surface area (Å²) in [5, 5.41) is 16.2. The van der Waals surface area contributed by atoms with Gasteiger partial charge < -0.3 is 21.2 Å². The van der Waals surface area contributed by atoms with Gasteiger partial charge in [-0.1, -0.05) is 23.4 Å². The lowest BCUT2D eigenvalue weighted by Crippen LogP contribution is -2.31. The fourth-order valence-corrected chi connectivity index (χ4v) is 1.61.